The number of rotatable bonds is 9. The summed E-state index contributed by atoms with van der Waals surface area (Å²) in [5, 5.41) is 11.5. The molecule has 0 aliphatic carbocycles. The number of ether oxygens (including phenoxy) is 1. The Labute approximate surface area is 125 Å². The molecule has 0 heterocycles. The molecule has 0 fully saturated rings. The lowest BCUT2D eigenvalue weighted by Crippen LogP contribution is -2.27. The van der Waals surface area contributed by atoms with Gasteiger partial charge in [-0.05, 0) is 36.5 Å². The molecule has 21 heavy (non-hydrogen) atoms. The second-order valence-corrected chi connectivity index (χ2v) is 5.20. The minimum atomic E-state index is -0.773. The molecule has 1 aromatic rings. The van der Waals surface area contributed by atoms with E-state index in [1.165, 1.54) is 0 Å². The fourth-order valence-corrected chi connectivity index (χ4v) is 1.96. The number of hydrogen-bond donors (Lipinski definition) is 2. The van der Waals surface area contributed by atoms with Gasteiger partial charge in [-0.3, -0.25) is 9.59 Å². The normalized spacial score (nSPS) is 11.7. The van der Waals surface area contributed by atoms with Crippen LogP contribution in [0.5, 0.6) is 5.75 Å². The fraction of sp³-hybridized carbons (Fsp3) is 0.500. The van der Waals surface area contributed by atoms with E-state index in [0.717, 1.165) is 17.7 Å². The zero-order valence-corrected chi connectivity index (χ0v) is 12.6. The second kappa shape index (κ2) is 9.00. The summed E-state index contributed by atoms with van der Waals surface area (Å²) >= 11 is 0. The highest BCUT2D eigenvalue weighted by molar-refractivity contribution is 5.78. The van der Waals surface area contributed by atoms with Crippen LogP contribution in [0, 0.1) is 5.92 Å². The predicted octanol–water partition coefficient (Wildman–Crippen LogP) is 2.24. The van der Waals surface area contributed by atoms with Gasteiger partial charge in [0.15, 0.2) is 0 Å². The molecule has 1 rings (SSSR count). The standard InChI is InChI=1S/C16H23NO4/c1-12(3-8-16(19)20)9-10-17-15(18)11-13-4-6-14(21-2)7-5-13/h4-7,12H,3,8-11H2,1-2H3,(H,17,18)(H,19,20). The van der Waals surface area contributed by atoms with Crippen molar-refractivity contribution in [2.75, 3.05) is 13.7 Å². The summed E-state index contributed by atoms with van der Waals surface area (Å²) in [7, 11) is 1.60. The molecule has 0 saturated heterocycles. The molecule has 1 amide bonds. The Morgan fingerprint density at radius 1 is 1.24 bits per heavy atom. The smallest absolute Gasteiger partial charge is 0.303 e. The molecule has 0 radical (unpaired) electrons. The van der Waals surface area contributed by atoms with Gasteiger partial charge in [-0.2, -0.15) is 0 Å². The molecule has 0 aliphatic heterocycles. The Morgan fingerprint density at radius 2 is 1.90 bits per heavy atom. The average molecular weight is 293 g/mol. The molecule has 116 valence electrons. The topological polar surface area (TPSA) is 75.6 Å². The van der Waals surface area contributed by atoms with Crippen molar-refractivity contribution in [1.82, 2.24) is 5.32 Å². The largest absolute Gasteiger partial charge is 0.497 e. The van der Waals surface area contributed by atoms with Gasteiger partial charge in [-0.15, -0.1) is 0 Å². The first-order valence-electron chi connectivity index (χ1n) is 7.12. The van der Waals surface area contributed by atoms with Crippen LogP contribution in [0.15, 0.2) is 24.3 Å². The third kappa shape index (κ3) is 7.34. The van der Waals surface area contributed by atoms with E-state index in [-0.39, 0.29) is 12.3 Å². The number of methoxy groups -OCH3 is 1. The van der Waals surface area contributed by atoms with Crippen molar-refractivity contribution >= 4 is 11.9 Å². The van der Waals surface area contributed by atoms with E-state index < -0.39 is 5.97 Å². The zero-order chi connectivity index (χ0) is 15.7. The molecule has 5 nitrogen and oxygen atoms in total. The Morgan fingerprint density at radius 3 is 2.48 bits per heavy atom. The number of carboxylic acids is 1. The van der Waals surface area contributed by atoms with Crippen molar-refractivity contribution in [3.63, 3.8) is 0 Å². The van der Waals surface area contributed by atoms with Crippen LogP contribution in [0.1, 0.15) is 31.7 Å². The number of nitrogens with one attached hydrogen (secondary N) is 1. The van der Waals surface area contributed by atoms with Gasteiger partial charge in [0.25, 0.3) is 0 Å². The van der Waals surface area contributed by atoms with Crippen molar-refractivity contribution in [1.29, 1.82) is 0 Å². The number of carboxylic acid groups (broad SMARTS) is 1. The van der Waals surface area contributed by atoms with Gasteiger partial charge in [0.05, 0.1) is 13.5 Å². The molecule has 0 bridgehead atoms. The Hall–Kier alpha value is -2.04. The number of aliphatic carboxylic acids is 1. The third-order valence-corrected chi connectivity index (χ3v) is 3.33. The summed E-state index contributed by atoms with van der Waals surface area (Å²) in [6.07, 6.45) is 1.96. The van der Waals surface area contributed by atoms with E-state index in [9.17, 15) is 9.59 Å². The summed E-state index contributed by atoms with van der Waals surface area (Å²) in [5.74, 6) is 0.268. The Bertz CT molecular complexity index is 456. The number of carbonyl (C=O) groups excluding carboxylic acids is 1. The van der Waals surface area contributed by atoms with Crippen LogP contribution in [0.3, 0.4) is 0 Å². The van der Waals surface area contributed by atoms with Gasteiger partial charge in [0.1, 0.15) is 5.75 Å². The highest BCUT2D eigenvalue weighted by atomic mass is 16.5. The van der Waals surface area contributed by atoms with Gasteiger partial charge in [-0.1, -0.05) is 19.1 Å². The fourth-order valence-electron chi connectivity index (χ4n) is 1.96. The lowest BCUT2D eigenvalue weighted by Gasteiger charge is -2.11. The molecule has 2 N–H and O–H groups in total. The van der Waals surface area contributed by atoms with Crippen molar-refractivity contribution in [3.8, 4) is 5.75 Å². The quantitative estimate of drug-likeness (QED) is 0.732. The van der Waals surface area contributed by atoms with Gasteiger partial charge in [-0.25, -0.2) is 0 Å². The van der Waals surface area contributed by atoms with Gasteiger partial charge >= 0.3 is 5.97 Å². The minimum Gasteiger partial charge on any atom is -0.497 e. The number of amides is 1. The average Bonchev–Trinajstić information content (AvgIpc) is 2.46. The highest BCUT2D eigenvalue weighted by Gasteiger charge is 2.07. The Balaban J connectivity index is 2.22. The van der Waals surface area contributed by atoms with Crippen molar-refractivity contribution in [2.24, 2.45) is 5.92 Å². The summed E-state index contributed by atoms with van der Waals surface area (Å²) in [6.45, 7) is 2.58. The first-order valence-corrected chi connectivity index (χ1v) is 7.12. The van der Waals surface area contributed by atoms with Crippen molar-refractivity contribution in [3.05, 3.63) is 29.8 Å². The van der Waals surface area contributed by atoms with E-state index in [1.807, 2.05) is 31.2 Å². The number of carbonyl (C=O) groups is 2. The summed E-state index contributed by atoms with van der Waals surface area (Å²) in [4.78, 5) is 22.2. The zero-order valence-electron chi connectivity index (χ0n) is 12.6. The summed E-state index contributed by atoms with van der Waals surface area (Å²) < 4.78 is 5.06. The molecule has 0 spiro atoms. The SMILES string of the molecule is COc1ccc(CC(=O)NCCC(C)CCC(=O)O)cc1. The van der Waals surface area contributed by atoms with Gasteiger partial charge < -0.3 is 15.2 Å². The molecule has 1 aromatic carbocycles. The first kappa shape index (κ1) is 17.0. The molecule has 5 heteroatoms. The lowest BCUT2D eigenvalue weighted by molar-refractivity contribution is -0.137. The molecular formula is C16H23NO4. The molecule has 0 saturated carbocycles. The van der Waals surface area contributed by atoms with Crippen molar-refractivity contribution < 1.29 is 19.4 Å². The van der Waals surface area contributed by atoms with Crippen molar-refractivity contribution in [2.45, 2.75) is 32.6 Å². The van der Waals surface area contributed by atoms with Crippen LogP contribution in [-0.2, 0) is 16.0 Å². The number of hydrogen-bond acceptors (Lipinski definition) is 3. The van der Waals surface area contributed by atoms with Crippen LogP contribution >= 0.6 is 0 Å². The van der Waals surface area contributed by atoms with Crippen LogP contribution in [0.25, 0.3) is 0 Å². The minimum absolute atomic E-state index is 0.0226. The third-order valence-electron chi connectivity index (χ3n) is 3.33. The Kier molecular flexibility index (Phi) is 7.29. The predicted molar refractivity (Wildman–Crippen MR) is 80.4 cm³/mol. The maximum Gasteiger partial charge on any atom is 0.303 e. The molecular weight excluding hydrogens is 270 g/mol. The van der Waals surface area contributed by atoms with Crippen LogP contribution < -0.4 is 10.1 Å². The molecule has 0 aromatic heterocycles. The molecule has 1 atom stereocenters. The number of benzene rings is 1. The van der Waals surface area contributed by atoms with E-state index in [0.29, 0.717) is 25.3 Å². The first-order chi connectivity index (χ1) is 10.0. The van der Waals surface area contributed by atoms with Crippen LogP contribution in [-0.4, -0.2) is 30.6 Å². The van der Waals surface area contributed by atoms with E-state index in [1.54, 1.807) is 7.11 Å². The lowest BCUT2D eigenvalue weighted by atomic mass is 10.0. The van der Waals surface area contributed by atoms with E-state index in [4.69, 9.17) is 9.84 Å². The van der Waals surface area contributed by atoms with Crippen LogP contribution in [0.4, 0.5) is 0 Å². The molecule has 0 aliphatic rings. The van der Waals surface area contributed by atoms with Gasteiger partial charge in [0.2, 0.25) is 5.91 Å². The maximum absolute atomic E-state index is 11.8. The monoisotopic (exact) mass is 293 g/mol. The van der Waals surface area contributed by atoms with Crippen LogP contribution in [0.2, 0.25) is 0 Å². The maximum atomic E-state index is 11.8. The van der Waals surface area contributed by atoms with Gasteiger partial charge in [0, 0.05) is 13.0 Å². The van der Waals surface area contributed by atoms with E-state index >= 15 is 0 Å². The van der Waals surface area contributed by atoms with E-state index in [2.05, 4.69) is 5.32 Å². The summed E-state index contributed by atoms with van der Waals surface area (Å²) in [5.41, 5.74) is 0.937. The molecule has 1 unspecified atom stereocenters. The summed E-state index contributed by atoms with van der Waals surface area (Å²) in [6, 6.07) is 7.40. The second-order valence-electron chi connectivity index (χ2n) is 5.20. The highest BCUT2D eigenvalue weighted by Crippen LogP contribution is 2.12.